The van der Waals surface area contributed by atoms with Crippen molar-refractivity contribution in [2.75, 3.05) is 5.32 Å². The Morgan fingerprint density at radius 1 is 1.22 bits per heavy atom. The molecule has 18 heavy (non-hydrogen) atoms. The maximum atomic E-state index is 12.0. The normalized spacial score (nSPS) is 10.2. The molecule has 0 fully saturated rings. The third-order valence-corrected chi connectivity index (χ3v) is 3.83. The van der Waals surface area contributed by atoms with Gasteiger partial charge in [0, 0.05) is 16.4 Å². The van der Waals surface area contributed by atoms with Gasteiger partial charge in [0.25, 0.3) is 5.91 Å². The van der Waals surface area contributed by atoms with Crippen LogP contribution in [0.25, 0.3) is 0 Å². The average Bonchev–Trinajstić information content (AvgIpc) is 2.36. The molecule has 0 radical (unpaired) electrons. The summed E-state index contributed by atoms with van der Waals surface area (Å²) in [6.45, 7) is 1.94. The second-order valence-electron chi connectivity index (χ2n) is 3.74. The number of pyridine rings is 1. The summed E-state index contributed by atoms with van der Waals surface area (Å²) in [5.41, 5.74) is 2.31. The van der Waals surface area contributed by atoms with Gasteiger partial charge in [-0.25, -0.2) is 4.98 Å². The Bertz CT molecular complexity index is 582. The van der Waals surface area contributed by atoms with Gasteiger partial charge in [0.05, 0.1) is 5.56 Å². The summed E-state index contributed by atoms with van der Waals surface area (Å²) in [6.07, 6.45) is 1.53. The zero-order valence-corrected chi connectivity index (χ0v) is 12.7. The lowest BCUT2D eigenvalue weighted by molar-refractivity contribution is 0.102. The Kier molecular flexibility index (Phi) is 4.14. The monoisotopic (exact) mass is 368 g/mol. The minimum absolute atomic E-state index is 0.170. The lowest BCUT2D eigenvalue weighted by atomic mass is 10.2. The second-order valence-corrected chi connectivity index (χ2v) is 5.40. The highest BCUT2D eigenvalue weighted by Crippen LogP contribution is 2.23. The molecule has 2 rings (SSSR count). The average molecular weight is 370 g/mol. The summed E-state index contributed by atoms with van der Waals surface area (Å²) in [4.78, 5) is 16.0. The Labute approximate surface area is 122 Å². The molecule has 0 saturated carbocycles. The first-order valence-corrected chi connectivity index (χ1v) is 6.84. The highest BCUT2D eigenvalue weighted by molar-refractivity contribution is 9.10. The van der Waals surface area contributed by atoms with E-state index in [1.54, 1.807) is 12.1 Å². The van der Waals surface area contributed by atoms with Crippen LogP contribution in [0.15, 0.2) is 45.6 Å². The summed E-state index contributed by atoms with van der Waals surface area (Å²) >= 11 is 6.67. The first kappa shape index (κ1) is 13.2. The van der Waals surface area contributed by atoms with Gasteiger partial charge in [-0.15, -0.1) is 0 Å². The van der Waals surface area contributed by atoms with Crippen LogP contribution in [0.3, 0.4) is 0 Å². The predicted octanol–water partition coefficient (Wildman–Crippen LogP) is 4.17. The van der Waals surface area contributed by atoms with Crippen LogP contribution in [0.5, 0.6) is 0 Å². The van der Waals surface area contributed by atoms with Gasteiger partial charge in [0.15, 0.2) is 0 Å². The smallest absolute Gasteiger partial charge is 0.257 e. The van der Waals surface area contributed by atoms with E-state index in [1.165, 1.54) is 6.20 Å². The van der Waals surface area contributed by atoms with Crippen LogP contribution in [0.2, 0.25) is 0 Å². The van der Waals surface area contributed by atoms with E-state index in [-0.39, 0.29) is 5.91 Å². The van der Waals surface area contributed by atoms with E-state index >= 15 is 0 Å². The number of halogens is 2. The van der Waals surface area contributed by atoms with Crippen molar-refractivity contribution in [1.29, 1.82) is 0 Å². The summed E-state index contributed by atoms with van der Waals surface area (Å²) < 4.78 is 1.67. The SMILES string of the molecule is Cc1c(Br)cccc1NC(=O)c1ccc(Br)nc1. The number of anilines is 1. The molecule has 3 nitrogen and oxygen atoms in total. The third kappa shape index (κ3) is 2.97. The highest BCUT2D eigenvalue weighted by Gasteiger charge is 2.09. The van der Waals surface area contributed by atoms with Crippen molar-refractivity contribution in [3.05, 3.63) is 56.7 Å². The molecule has 1 aromatic heterocycles. The van der Waals surface area contributed by atoms with Crippen molar-refractivity contribution in [2.24, 2.45) is 0 Å². The lowest BCUT2D eigenvalue weighted by Gasteiger charge is -2.09. The summed E-state index contributed by atoms with van der Waals surface area (Å²) in [5.74, 6) is -0.170. The maximum Gasteiger partial charge on any atom is 0.257 e. The number of aromatic nitrogens is 1. The van der Waals surface area contributed by atoms with Crippen LogP contribution >= 0.6 is 31.9 Å². The summed E-state index contributed by atoms with van der Waals surface area (Å²) in [7, 11) is 0. The number of benzene rings is 1. The molecule has 1 aromatic carbocycles. The Morgan fingerprint density at radius 2 is 2.00 bits per heavy atom. The van der Waals surface area contributed by atoms with E-state index in [4.69, 9.17) is 0 Å². The number of hydrogen-bond acceptors (Lipinski definition) is 2. The van der Waals surface area contributed by atoms with Crippen molar-refractivity contribution >= 4 is 43.5 Å². The van der Waals surface area contributed by atoms with Gasteiger partial charge in [0.1, 0.15) is 4.60 Å². The minimum atomic E-state index is -0.170. The maximum absolute atomic E-state index is 12.0. The molecule has 2 aromatic rings. The fraction of sp³-hybridized carbons (Fsp3) is 0.0769. The lowest BCUT2D eigenvalue weighted by Crippen LogP contribution is -2.13. The summed E-state index contributed by atoms with van der Waals surface area (Å²) in [5, 5.41) is 2.86. The van der Waals surface area contributed by atoms with Crippen molar-refractivity contribution in [3.8, 4) is 0 Å². The fourth-order valence-corrected chi connectivity index (χ4v) is 2.05. The van der Waals surface area contributed by atoms with E-state index in [0.29, 0.717) is 10.2 Å². The van der Waals surface area contributed by atoms with E-state index in [1.807, 2.05) is 25.1 Å². The third-order valence-electron chi connectivity index (χ3n) is 2.51. The van der Waals surface area contributed by atoms with Gasteiger partial charge in [-0.05, 0) is 52.7 Å². The standard InChI is InChI=1S/C13H10Br2N2O/c1-8-10(14)3-2-4-11(8)17-13(18)9-5-6-12(15)16-7-9/h2-7H,1H3,(H,17,18). The van der Waals surface area contributed by atoms with Crippen molar-refractivity contribution in [3.63, 3.8) is 0 Å². The zero-order chi connectivity index (χ0) is 13.1. The molecule has 1 N–H and O–H groups in total. The molecule has 0 unspecified atom stereocenters. The molecule has 1 amide bonds. The van der Waals surface area contributed by atoms with Crippen LogP contribution in [-0.2, 0) is 0 Å². The predicted molar refractivity (Wildman–Crippen MR) is 78.8 cm³/mol. The van der Waals surface area contributed by atoms with Crippen molar-refractivity contribution in [2.45, 2.75) is 6.92 Å². The van der Waals surface area contributed by atoms with Crippen LogP contribution in [0.4, 0.5) is 5.69 Å². The molecule has 0 bridgehead atoms. The fourth-order valence-electron chi connectivity index (χ4n) is 1.45. The Morgan fingerprint density at radius 3 is 2.67 bits per heavy atom. The number of nitrogens with zero attached hydrogens (tertiary/aromatic N) is 1. The molecule has 0 saturated heterocycles. The van der Waals surface area contributed by atoms with E-state index in [9.17, 15) is 4.79 Å². The number of carbonyl (C=O) groups excluding carboxylic acids is 1. The van der Waals surface area contributed by atoms with Crippen LogP contribution in [-0.4, -0.2) is 10.9 Å². The minimum Gasteiger partial charge on any atom is -0.322 e. The van der Waals surface area contributed by atoms with E-state index in [0.717, 1.165) is 15.7 Å². The van der Waals surface area contributed by atoms with E-state index in [2.05, 4.69) is 42.2 Å². The van der Waals surface area contributed by atoms with Crippen LogP contribution in [0, 0.1) is 6.92 Å². The molecule has 0 aliphatic carbocycles. The molecule has 5 heteroatoms. The molecule has 92 valence electrons. The number of rotatable bonds is 2. The molecular weight excluding hydrogens is 360 g/mol. The molecule has 0 atom stereocenters. The molecule has 1 heterocycles. The van der Waals surface area contributed by atoms with Gasteiger partial charge in [-0.1, -0.05) is 22.0 Å². The molecular formula is C13H10Br2N2O. The number of hydrogen-bond donors (Lipinski definition) is 1. The Balaban J connectivity index is 2.21. The molecule has 0 spiro atoms. The summed E-state index contributed by atoms with van der Waals surface area (Å²) in [6, 6.07) is 9.14. The Hall–Kier alpha value is -1.20. The highest BCUT2D eigenvalue weighted by atomic mass is 79.9. The topological polar surface area (TPSA) is 42.0 Å². The van der Waals surface area contributed by atoms with Gasteiger partial charge < -0.3 is 5.32 Å². The quantitative estimate of drug-likeness (QED) is 0.807. The number of nitrogens with one attached hydrogen (secondary N) is 1. The van der Waals surface area contributed by atoms with Crippen LogP contribution < -0.4 is 5.32 Å². The van der Waals surface area contributed by atoms with Crippen molar-refractivity contribution in [1.82, 2.24) is 4.98 Å². The van der Waals surface area contributed by atoms with E-state index < -0.39 is 0 Å². The molecule has 0 aliphatic heterocycles. The van der Waals surface area contributed by atoms with Gasteiger partial charge in [0.2, 0.25) is 0 Å². The zero-order valence-electron chi connectivity index (χ0n) is 9.58. The first-order valence-electron chi connectivity index (χ1n) is 5.26. The van der Waals surface area contributed by atoms with Crippen LogP contribution in [0.1, 0.15) is 15.9 Å². The molecule has 0 aliphatic rings. The second kappa shape index (κ2) is 5.63. The van der Waals surface area contributed by atoms with Crippen molar-refractivity contribution < 1.29 is 4.79 Å². The number of amides is 1. The number of carbonyl (C=O) groups is 1. The largest absolute Gasteiger partial charge is 0.322 e. The van der Waals surface area contributed by atoms with Gasteiger partial charge in [-0.3, -0.25) is 4.79 Å². The van der Waals surface area contributed by atoms with Gasteiger partial charge in [-0.2, -0.15) is 0 Å². The first-order chi connectivity index (χ1) is 8.58. The van der Waals surface area contributed by atoms with Gasteiger partial charge >= 0.3 is 0 Å².